The summed E-state index contributed by atoms with van der Waals surface area (Å²) in [4.78, 5) is 18.3. The van der Waals surface area contributed by atoms with Crippen LogP contribution in [0.25, 0.3) is 0 Å². The van der Waals surface area contributed by atoms with Crippen LogP contribution in [0.5, 0.6) is 0 Å². The molecule has 0 aromatic rings. The highest BCUT2D eigenvalue weighted by molar-refractivity contribution is 4.57. The van der Waals surface area contributed by atoms with E-state index in [-0.39, 0.29) is 6.42 Å². The second-order valence-corrected chi connectivity index (χ2v) is 2.50. The van der Waals surface area contributed by atoms with Gasteiger partial charge >= 0.3 is 5.79 Å². The summed E-state index contributed by atoms with van der Waals surface area (Å²) >= 11 is 0. The van der Waals surface area contributed by atoms with Crippen molar-refractivity contribution < 1.29 is 9.85 Å². The van der Waals surface area contributed by atoms with Crippen LogP contribution in [0.3, 0.4) is 0 Å². The summed E-state index contributed by atoms with van der Waals surface area (Å²) in [6, 6.07) is 0. The molecule has 7 heteroatoms. The van der Waals surface area contributed by atoms with Crippen molar-refractivity contribution in [3.05, 3.63) is 20.2 Å². The van der Waals surface area contributed by atoms with E-state index in [4.69, 9.17) is 5.73 Å². The Kier molecular flexibility index (Phi) is 3.55. The van der Waals surface area contributed by atoms with Gasteiger partial charge in [-0.15, -0.1) is 0 Å². The Morgan fingerprint density at radius 3 is 2.00 bits per heavy atom. The molecule has 0 rings (SSSR count). The van der Waals surface area contributed by atoms with E-state index in [1.54, 1.807) is 6.92 Å². The van der Waals surface area contributed by atoms with Crippen LogP contribution in [0.4, 0.5) is 0 Å². The lowest BCUT2D eigenvalue weighted by Gasteiger charge is -2.10. The zero-order valence-electron chi connectivity index (χ0n) is 6.73. The maximum atomic E-state index is 10.2. The number of unbranched alkanes of at least 4 members (excludes halogenated alkanes) is 1. The second-order valence-electron chi connectivity index (χ2n) is 2.50. The minimum Gasteiger partial charge on any atom is -0.257 e. The van der Waals surface area contributed by atoms with Gasteiger partial charge in [0.15, 0.2) is 0 Å². The van der Waals surface area contributed by atoms with E-state index in [0.717, 1.165) is 0 Å². The van der Waals surface area contributed by atoms with Gasteiger partial charge < -0.3 is 0 Å². The number of hydrogen-bond acceptors (Lipinski definition) is 5. The van der Waals surface area contributed by atoms with Crippen LogP contribution in [0.1, 0.15) is 26.2 Å². The number of nitro groups is 2. The molecule has 0 fully saturated rings. The van der Waals surface area contributed by atoms with E-state index < -0.39 is 15.6 Å². The molecule has 12 heavy (non-hydrogen) atoms. The lowest BCUT2D eigenvalue weighted by atomic mass is 10.2. The van der Waals surface area contributed by atoms with Crippen LogP contribution in [-0.4, -0.2) is 15.6 Å². The number of nitrogens with zero attached hydrogens (tertiary/aromatic N) is 2. The van der Waals surface area contributed by atoms with Crippen LogP contribution in [0, 0.1) is 20.2 Å². The summed E-state index contributed by atoms with van der Waals surface area (Å²) < 4.78 is 0. The largest absolute Gasteiger partial charge is 0.518 e. The van der Waals surface area contributed by atoms with Gasteiger partial charge in [-0.2, -0.15) is 5.73 Å². The van der Waals surface area contributed by atoms with Crippen LogP contribution < -0.4 is 5.73 Å². The molecule has 0 spiro atoms. The fourth-order valence-corrected chi connectivity index (χ4v) is 0.686. The van der Waals surface area contributed by atoms with Gasteiger partial charge in [-0.25, -0.2) is 0 Å². The predicted octanol–water partition coefficient (Wildman–Crippen LogP) is 0.343. The summed E-state index contributed by atoms with van der Waals surface area (Å²) in [5.41, 5.74) is 4.97. The molecule has 70 valence electrons. The van der Waals surface area contributed by atoms with Crippen molar-refractivity contribution in [2.24, 2.45) is 5.73 Å². The number of nitrogens with two attached hydrogens (primary N) is 1. The Morgan fingerprint density at radius 2 is 1.75 bits per heavy atom. The van der Waals surface area contributed by atoms with E-state index in [9.17, 15) is 20.2 Å². The maximum absolute atomic E-state index is 10.2. The van der Waals surface area contributed by atoms with Crippen LogP contribution >= 0.6 is 0 Å². The van der Waals surface area contributed by atoms with Crippen molar-refractivity contribution in [2.45, 2.75) is 32.0 Å². The smallest absolute Gasteiger partial charge is 0.257 e. The molecular formula is C5H11N3O4. The van der Waals surface area contributed by atoms with Crippen molar-refractivity contribution in [2.75, 3.05) is 0 Å². The molecule has 0 saturated carbocycles. The van der Waals surface area contributed by atoms with Gasteiger partial charge in [-0.1, -0.05) is 13.3 Å². The molecule has 2 N–H and O–H groups in total. The van der Waals surface area contributed by atoms with Crippen molar-refractivity contribution in [3.63, 3.8) is 0 Å². The van der Waals surface area contributed by atoms with Gasteiger partial charge in [0.25, 0.3) is 0 Å². The van der Waals surface area contributed by atoms with E-state index in [1.165, 1.54) is 0 Å². The van der Waals surface area contributed by atoms with Crippen LogP contribution in [-0.2, 0) is 0 Å². The standard InChI is InChI=1S/C5H11N3O4/c1-2-3-4-5(6,7(9)10)8(11)12/h2-4,6H2,1H3. The molecule has 0 aliphatic carbocycles. The number of hydrogen-bond donors (Lipinski definition) is 1. The van der Waals surface area contributed by atoms with E-state index >= 15 is 0 Å². The summed E-state index contributed by atoms with van der Waals surface area (Å²) in [6.07, 6.45) is 0.780. The summed E-state index contributed by atoms with van der Waals surface area (Å²) in [5.74, 6) is -2.50. The fourth-order valence-electron chi connectivity index (χ4n) is 0.686. The zero-order valence-corrected chi connectivity index (χ0v) is 6.73. The van der Waals surface area contributed by atoms with E-state index in [0.29, 0.717) is 12.8 Å². The molecule has 0 radical (unpaired) electrons. The third-order valence-electron chi connectivity index (χ3n) is 1.53. The molecular weight excluding hydrogens is 166 g/mol. The average molecular weight is 177 g/mol. The van der Waals surface area contributed by atoms with Gasteiger partial charge in [0.2, 0.25) is 0 Å². The van der Waals surface area contributed by atoms with Crippen LogP contribution in [0.2, 0.25) is 0 Å². The third-order valence-corrected chi connectivity index (χ3v) is 1.53. The molecule has 0 aromatic heterocycles. The predicted molar refractivity (Wildman–Crippen MR) is 40.4 cm³/mol. The normalized spacial score (nSPS) is 11.2. The highest BCUT2D eigenvalue weighted by atomic mass is 16.7. The molecule has 0 heterocycles. The van der Waals surface area contributed by atoms with Crippen molar-refractivity contribution >= 4 is 0 Å². The van der Waals surface area contributed by atoms with E-state index in [1.807, 2.05) is 0 Å². The monoisotopic (exact) mass is 177 g/mol. The molecule has 0 bridgehead atoms. The Hall–Kier alpha value is -1.24. The fraction of sp³-hybridized carbons (Fsp3) is 1.00. The highest BCUT2D eigenvalue weighted by Gasteiger charge is 2.50. The molecule has 0 saturated heterocycles. The summed E-state index contributed by atoms with van der Waals surface area (Å²) in [5, 5.41) is 20.4. The molecule has 0 aromatic carbocycles. The van der Waals surface area contributed by atoms with Gasteiger partial charge in [-0.3, -0.25) is 20.2 Å². The topological polar surface area (TPSA) is 112 Å². The Labute approximate surface area is 68.8 Å². The summed E-state index contributed by atoms with van der Waals surface area (Å²) in [7, 11) is 0. The first-order chi connectivity index (χ1) is 5.45. The maximum Gasteiger partial charge on any atom is 0.518 e. The lowest BCUT2D eigenvalue weighted by molar-refractivity contribution is -0.797. The van der Waals surface area contributed by atoms with Crippen molar-refractivity contribution in [3.8, 4) is 0 Å². The SMILES string of the molecule is CCCCC(N)([N+](=O)[O-])[N+](=O)[O-]. The Balaban J connectivity index is 4.40. The van der Waals surface area contributed by atoms with Gasteiger partial charge in [0.1, 0.15) is 16.3 Å². The first-order valence-corrected chi connectivity index (χ1v) is 3.53. The molecule has 0 aliphatic heterocycles. The Bertz CT molecular complexity index is 179. The molecule has 0 amide bonds. The van der Waals surface area contributed by atoms with E-state index in [2.05, 4.69) is 0 Å². The van der Waals surface area contributed by atoms with Crippen molar-refractivity contribution in [1.29, 1.82) is 0 Å². The zero-order chi connectivity index (χ0) is 9.78. The lowest BCUT2D eigenvalue weighted by Crippen LogP contribution is -2.54. The highest BCUT2D eigenvalue weighted by Crippen LogP contribution is 2.12. The Morgan fingerprint density at radius 1 is 1.33 bits per heavy atom. The first kappa shape index (κ1) is 10.8. The van der Waals surface area contributed by atoms with Crippen molar-refractivity contribution in [1.82, 2.24) is 0 Å². The van der Waals surface area contributed by atoms with Gasteiger partial charge in [-0.05, 0) is 6.42 Å². The molecule has 0 unspecified atom stereocenters. The quantitative estimate of drug-likeness (QED) is 0.369. The summed E-state index contributed by atoms with van der Waals surface area (Å²) in [6.45, 7) is 1.78. The molecule has 0 atom stereocenters. The van der Waals surface area contributed by atoms with Gasteiger partial charge in [0, 0.05) is 0 Å². The van der Waals surface area contributed by atoms with Gasteiger partial charge in [0.05, 0.1) is 0 Å². The minimum atomic E-state index is -2.50. The molecule has 0 aliphatic rings. The average Bonchev–Trinajstić information content (AvgIpc) is 1.99. The second kappa shape index (κ2) is 3.96. The van der Waals surface area contributed by atoms with Crippen LogP contribution in [0.15, 0.2) is 0 Å². The minimum absolute atomic E-state index is 0.233. The molecule has 7 nitrogen and oxygen atoms in total. The number of rotatable bonds is 5. The first-order valence-electron chi connectivity index (χ1n) is 3.53. The third kappa shape index (κ3) is 2.12.